The van der Waals surface area contributed by atoms with E-state index in [1.807, 2.05) is 60.9 Å². The van der Waals surface area contributed by atoms with Crippen LogP contribution in [0.4, 0.5) is 10.6 Å². The summed E-state index contributed by atoms with van der Waals surface area (Å²) >= 11 is 0. The highest BCUT2D eigenvalue weighted by Gasteiger charge is 2.19. The highest BCUT2D eigenvalue weighted by Crippen LogP contribution is 2.27. The van der Waals surface area contributed by atoms with E-state index >= 15 is 0 Å². The van der Waals surface area contributed by atoms with Crippen LogP contribution >= 0.6 is 0 Å². The number of carbonyl (C=O) groups is 2. The van der Waals surface area contributed by atoms with Crippen molar-refractivity contribution in [3.63, 3.8) is 0 Å². The number of fused-ring (bicyclic) bond motifs is 1. The number of nitrogens with one attached hydrogen (secondary N) is 1. The largest absolute Gasteiger partial charge is 0.465 e. The summed E-state index contributed by atoms with van der Waals surface area (Å²) in [5.74, 6) is 0.473. The number of hydrogen-bond acceptors (Lipinski definition) is 5. The molecule has 4 aromatic rings. The van der Waals surface area contributed by atoms with Crippen molar-refractivity contribution in [3.8, 4) is 5.95 Å². The smallest absolute Gasteiger partial charge is 0.407 e. The SMILES string of the molecule is Cc1c(CN(C)C(=O)O)nc(-n2c(C)cc3c(C(N)=O)cccc32)nc1NCc1ccccc1. The summed E-state index contributed by atoms with van der Waals surface area (Å²) in [7, 11) is 1.50. The van der Waals surface area contributed by atoms with Crippen LogP contribution in [0.2, 0.25) is 0 Å². The number of amides is 2. The summed E-state index contributed by atoms with van der Waals surface area (Å²) in [5.41, 5.74) is 9.98. The van der Waals surface area contributed by atoms with Gasteiger partial charge in [0.25, 0.3) is 0 Å². The second-order valence-electron chi connectivity index (χ2n) is 8.15. The number of nitrogens with two attached hydrogens (primary N) is 1. The molecule has 0 radical (unpaired) electrons. The van der Waals surface area contributed by atoms with Crippen LogP contribution in [0.25, 0.3) is 16.9 Å². The molecular weight excluding hydrogens is 432 g/mol. The molecule has 4 rings (SSSR count). The first-order valence-corrected chi connectivity index (χ1v) is 10.8. The molecule has 0 fully saturated rings. The molecule has 4 N–H and O–H groups in total. The number of carboxylic acid groups (broad SMARTS) is 1. The maximum absolute atomic E-state index is 11.9. The molecule has 9 nitrogen and oxygen atoms in total. The van der Waals surface area contributed by atoms with Crippen molar-refractivity contribution in [1.29, 1.82) is 0 Å². The molecule has 0 saturated carbocycles. The Morgan fingerprint density at radius 1 is 1.09 bits per heavy atom. The van der Waals surface area contributed by atoms with Gasteiger partial charge < -0.3 is 21.1 Å². The lowest BCUT2D eigenvalue weighted by molar-refractivity contribution is 0.100. The van der Waals surface area contributed by atoms with Gasteiger partial charge in [0.05, 0.1) is 17.8 Å². The van der Waals surface area contributed by atoms with Crippen LogP contribution in [0.5, 0.6) is 0 Å². The summed E-state index contributed by atoms with van der Waals surface area (Å²) in [6.45, 7) is 4.41. The van der Waals surface area contributed by atoms with Gasteiger partial charge in [0.15, 0.2) is 0 Å². The lowest BCUT2D eigenvalue weighted by atomic mass is 10.1. The summed E-state index contributed by atoms with van der Waals surface area (Å²) in [6.07, 6.45) is -1.05. The zero-order chi connectivity index (χ0) is 24.4. The molecule has 0 aliphatic carbocycles. The van der Waals surface area contributed by atoms with Gasteiger partial charge >= 0.3 is 6.09 Å². The van der Waals surface area contributed by atoms with Crippen molar-refractivity contribution in [2.45, 2.75) is 26.9 Å². The van der Waals surface area contributed by atoms with E-state index in [4.69, 9.17) is 15.7 Å². The molecule has 0 bridgehead atoms. The van der Waals surface area contributed by atoms with Gasteiger partial charge in [-0.3, -0.25) is 9.36 Å². The van der Waals surface area contributed by atoms with Gasteiger partial charge in [-0.05, 0) is 37.6 Å². The molecule has 0 aliphatic heterocycles. The highest BCUT2D eigenvalue weighted by atomic mass is 16.4. The van der Waals surface area contributed by atoms with Gasteiger partial charge in [-0.1, -0.05) is 36.4 Å². The van der Waals surface area contributed by atoms with E-state index in [1.54, 1.807) is 12.1 Å². The van der Waals surface area contributed by atoms with Crippen molar-refractivity contribution < 1.29 is 14.7 Å². The minimum Gasteiger partial charge on any atom is -0.465 e. The quantitative estimate of drug-likeness (QED) is 0.386. The Morgan fingerprint density at radius 3 is 2.50 bits per heavy atom. The lowest BCUT2D eigenvalue weighted by Gasteiger charge is -2.19. The predicted molar refractivity (Wildman–Crippen MR) is 130 cm³/mol. The molecule has 2 heterocycles. The van der Waals surface area contributed by atoms with Crippen LogP contribution in [0.1, 0.15) is 32.9 Å². The van der Waals surface area contributed by atoms with Crippen molar-refractivity contribution in [2.24, 2.45) is 5.73 Å². The number of rotatable bonds is 7. The fourth-order valence-electron chi connectivity index (χ4n) is 3.89. The van der Waals surface area contributed by atoms with Crippen molar-refractivity contribution in [3.05, 3.63) is 82.7 Å². The van der Waals surface area contributed by atoms with Gasteiger partial charge in [0.1, 0.15) is 5.82 Å². The van der Waals surface area contributed by atoms with E-state index in [0.717, 1.165) is 22.3 Å². The van der Waals surface area contributed by atoms with Crippen LogP contribution < -0.4 is 11.1 Å². The van der Waals surface area contributed by atoms with Crippen LogP contribution in [0.15, 0.2) is 54.6 Å². The molecule has 174 valence electrons. The Balaban J connectivity index is 1.85. The van der Waals surface area contributed by atoms with Crippen molar-refractivity contribution >= 4 is 28.7 Å². The Hall–Kier alpha value is -4.40. The lowest BCUT2D eigenvalue weighted by Crippen LogP contribution is -2.26. The first-order chi connectivity index (χ1) is 16.3. The number of benzene rings is 2. The Labute approximate surface area is 196 Å². The first kappa shape index (κ1) is 22.8. The van der Waals surface area contributed by atoms with E-state index in [-0.39, 0.29) is 6.54 Å². The maximum atomic E-state index is 11.9. The standard InChI is InChI=1S/C25H26N6O3/c1-15-12-19-18(22(26)32)10-7-11-21(19)31(15)24-28-20(14-30(3)25(33)34)16(2)23(29-24)27-13-17-8-5-4-6-9-17/h4-12H,13-14H2,1-3H3,(H2,26,32)(H,33,34)(H,27,28,29). The van der Waals surface area contributed by atoms with Gasteiger partial charge in [0, 0.05) is 35.8 Å². The van der Waals surface area contributed by atoms with Crippen LogP contribution in [-0.2, 0) is 13.1 Å². The second kappa shape index (κ2) is 9.22. The van der Waals surface area contributed by atoms with Crippen molar-refractivity contribution in [2.75, 3.05) is 12.4 Å². The van der Waals surface area contributed by atoms with Gasteiger partial charge in [-0.15, -0.1) is 0 Å². The third kappa shape index (κ3) is 4.40. The molecule has 2 aromatic carbocycles. The molecule has 2 aromatic heterocycles. The average Bonchev–Trinajstić information content (AvgIpc) is 3.15. The predicted octanol–water partition coefficient (Wildman–Crippen LogP) is 3.86. The summed E-state index contributed by atoms with van der Waals surface area (Å²) in [5, 5.41) is 13.5. The first-order valence-electron chi connectivity index (χ1n) is 10.8. The molecule has 0 saturated heterocycles. The average molecular weight is 459 g/mol. The molecule has 0 atom stereocenters. The molecule has 0 aliphatic rings. The molecular formula is C25H26N6O3. The Bertz CT molecular complexity index is 1380. The number of primary amides is 1. The zero-order valence-corrected chi connectivity index (χ0v) is 19.2. The van der Waals surface area contributed by atoms with Crippen LogP contribution in [0.3, 0.4) is 0 Å². The molecule has 34 heavy (non-hydrogen) atoms. The van der Waals surface area contributed by atoms with Gasteiger partial charge in [0.2, 0.25) is 11.9 Å². The normalized spacial score (nSPS) is 10.9. The van der Waals surface area contributed by atoms with Crippen molar-refractivity contribution in [1.82, 2.24) is 19.4 Å². The van der Waals surface area contributed by atoms with Crippen LogP contribution in [0, 0.1) is 13.8 Å². The van der Waals surface area contributed by atoms with E-state index < -0.39 is 12.0 Å². The fourth-order valence-corrected chi connectivity index (χ4v) is 3.89. The van der Waals surface area contributed by atoms with Gasteiger partial charge in [-0.2, -0.15) is 4.98 Å². The monoisotopic (exact) mass is 458 g/mol. The number of aromatic nitrogens is 3. The van der Waals surface area contributed by atoms with Gasteiger partial charge in [-0.25, -0.2) is 9.78 Å². The number of hydrogen-bond donors (Lipinski definition) is 3. The minimum absolute atomic E-state index is 0.0987. The molecule has 0 spiro atoms. The molecule has 0 unspecified atom stereocenters. The number of aryl methyl sites for hydroxylation is 1. The van der Waals surface area contributed by atoms with E-state index in [0.29, 0.717) is 35.0 Å². The second-order valence-corrected chi connectivity index (χ2v) is 8.15. The topological polar surface area (TPSA) is 126 Å². The number of anilines is 1. The summed E-state index contributed by atoms with van der Waals surface area (Å²) in [6, 6.07) is 17.1. The minimum atomic E-state index is -1.05. The Kier molecular flexibility index (Phi) is 6.18. The van der Waals surface area contributed by atoms with E-state index in [2.05, 4.69) is 5.32 Å². The third-order valence-corrected chi connectivity index (χ3v) is 5.75. The highest BCUT2D eigenvalue weighted by molar-refractivity contribution is 6.06. The molecule has 9 heteroatoms. The van der Waals surface area contributed by atoms with E-state index in [1.165, 1.54) is 11.9 Å². The summed E-state index contributed by atoms with van der Waals surface area (Å²) in [4.78, 5) is 34.1. The third-order valence-electron chi connectivity index (χ3n) is 5.75. The molecule has 2 amide bonds. The number of nitrogens with zero attached hydrogens (tertiary/aromatic N) is 4. The number of carbonyl (C=O) groups excluding carboxylic acids is 1. The van der Waals surface area contributed by atoms with Crippen LogP contribution in [-0.4, -0.2) is 43.6 Å². The Morgan fingerprint density at radius 2 is 1.82 bits per heavy atom. The van der Waals surface area contributed by atoms with E-state index in [9.17, 15) is 14.7 Å². The zero-order valence-electron chi connectivity index (χ0n) is 19.2. The fraction of sp³-hybridized carbons (Fsp3) is 0.200. The maximum Gasteiger partial charge on any atom is 0.407 e. The summed E-state index contributed by atoms with van der Waals surface area (Å²) < 4.78 is 1.85.